The first-order chi connectivity index (χ1) is 12.1. The van der Waals surface area contributed by atoms with Crippen LogP contribution in [0.3, 0.4) is 0 Å². The van der Waals surface area contributed by atoms with Gasteiger partial charge in [-0.15, -0.1) is 0 Å². The normalized spacial score (nSPS) is 22.1. The number of hydrogen-bond acceptors (Lipinski definition) is 5. The van der Waals surface area contributed by atoms with Crippen molar-refractivity contribution in [2.24, 2.45) is 0 Å². The number of benzene rings is 1. The first-order valence-corrected chi connectivity index (χ1v) is 10.7. The maximum atomic E-state index is 12.6. The molecule has 0 amide bonds. The van der Waals surface area contributed by atoms with Gasteiger partial charge in [0.05, 0.1) is 11.8 Å². The number of rotatable bonds is 7. The van der Waals surface area contributed by atoms with E-state index in [1.807, 2.05) is 26.8 Å². The number of carbonyl (C=O) groups is 1. The molecular formula is C19H27NO5S. The van der Waals surface area contributed by atoms with Crippen molar-refractivity contribution in [3.8, 4) is 0 Å². The minimum absolute atomic E-state index is 0.0607. The number of ether oxygens (including phenoxy) is 1. The average Bonchev–Trinajstić information content (AvgIpc) is 2.49. The minimum atomic E-state index is -3.40. The fraction of sp³-hybridized carbons (Fsp3) is 0.526. The molecule has 0 aliphatic carbocycles. The Bertz CT molecular complexity index is 815. The van der Waals surface area contributed by atoms with E-state index < -0.39 is 21.6 Å². The number of sulfonamides is 1. The molecular weight excluding hydrogens is 354 g/mol. The van der Waals surface area contributed by atoms with E-state index in [-0.39, 0.29) is 17.3 Å². The van der Waals surface area contributed by atoms with Crippen LogP contribution in [-0.4, -0.2) is 31.4 Å². The van der Waals surface area contributed by atoms with E-state index in [1.165, 1.54) is 0 Å². The maximum Gasteiger partial charge on any atom is 0.338 e. The van der Waals surface area contributed by atoms with Crippen LogP contribution in [0.5, 0.6) is 0 Å². The van der Waals surface area contributed by atoms with Gasteiger partial charge in [0.1, 0.15) is 11.4 Å². The smallest absolute Gasteiger partial charge is 0.338 e. The van der Waals surface area contributed by atoms with E-state index in [0.29, 0.717) is 24.9 Å². The average molecular weight is 381 g/mol. The Kier molecular flexibility index (Phi) is 6.01. The summed E-state index contributed by atoms with van der Waals surface area (Å²) in [6, 6.07) is 6.86. The molecule has 0 aromatic heterocycles. The molecule has 1 aliphatic heterocycles. The molecule has 0 bridgehead atoms. The van der Waals surface area contributed by atoms with Crippen molar-refractivity contribution in [2.45, 2.75) is 58.0 Å². The monoisotopic (exact) mass is 381 g/mol. The Balaban J connectivity index is 2.39. The van der Waals surface area contributed by atoms with Crippen molar-refractivity contribution in [3.05, 3.63) is 41.2 Å². The SMILES string of the molecule is CCC[C@@]1(C)CC(O)=C(C(CC)c2cccc(NS(C)(=O)=O)c2)C(=O)O1. The highest BCUT2D eigenvalue weighted by Gasteiger charge is 2.40. The van der Waals surface area contributed by atoms with Gasteiger partial charge in [0, 0.05) is 18.0 Å². The van der Waals surface area contributed by atoms with Gasteiger partial charge >= 0.3 is 5.97 Å². The number of cyclic esters (lactones) is 1. The summed E-state index contributed by atoms with van der Waals surface area (Å²) in [5, 5.41) is 10.6. The highest BCUT2D eigenvalue weighted by molar-refractivity contribution is 7.92. The second-order valence-corrected chi connectivity index (χ2v) is 8.84. The van der Waals surface area contributed by atoms with E-state index in [1.54, 1.807) is 18.2 Å². The number of esters is 1. The van der Waals surface area contributed by atoms with Gasteiger partial charge in [0.2, 0.25) is 10.0 Å². The fourth-order valence-electron chi connectivity index (χ4n) is 3.53. The predicted molar refractivity (Wildman–Crippen MR) is 102 cm³/mol. The van der Waals surface area contributed by atoms with Crippen LogP contribution in [0, 0.1) is 0 Å². The first-order valence-electron chi connectivity index (χ1n) is 8.81. The molecule has 2 rings (SSSR count). The molecule has 0 saturated heterocycles. The molecule has 0 fully saturated rings. The largest absolute Gasteiger partial charge is 0.512 e. The standard InChI is InChI=1S/C19H27NO5S/c1-5-10-19(3)12-16(21)17(18(22)25-19)15(6-2)13-8-7-9-14(11-13)20-26(4,23)24/h7-9,11,15,20-21H,5-6,10,12H2,1-4H3/t15?,19-/m0/s1. The highest BCUT2D eigenvalue weighted by atomic mass is 32.2. The van der Waals surface area contributed by atoms with Crippen LogP contribution in [0.1, 0.15) is 57.9 Å². The zero-order valence-electron chi connectivity index (χ0n) is 15.7. The van der Waals surface area contributed by atoms with Crippen molar-refractivity contribution in [2.75, 3.05) is 11.0 Å². The van der Waals surface area contributed by atoms with Crippen LogP contribution in [0.4, 0.5) is 5.69 Å². The second-order valence-electron chi connectivity index (χ2n) is 7.09. The topological polar surface area (TPSA) is 92.7 Å². The third kappa shape index (κ3) is 4.78. The summed E-state index contributed by atoms with van der Waals surface area (Å²) in [5.41, 5.74) is 0.747. The van der Waals surface area contributed by atoms with E-state index in [9.17, 15) is 18.3 Å². The third-order valence-electron chi connectivity index (χ3n) is 4.54. The quantitative estimate of drug-likeness (QED) is 0.700. The summed E-state index contributed by atoms with van der Waals surface area (Å²) in [6.45, 7) is 5.75. The summed E-state index contributed by atoms with van der Waals surface area (Å²) < 4.78 is 31.0. The van der Waals surface area contributed by atoms with Crippen LogP contribution in [0.15, 0.2) is 35.6 Å². The van der Waals surface area contributed by atoms with Crippen molar-refractivity contribution >= 4 is 21.7 Å². The molecule has 2 N–H and O–H groups in total. The van der Waals surface area contributed by atoms with Crippen molar-refractivity contribution < 1.29 is 23.1 Å². The zero-order valence-corrected chi connectivity index (χ0v) is 16.5. The van der Waals surface area contributed by atoms with Crippen molar-refractivity contribution in [1.29, 1.82) is 0 Å². The van der Waals surface area contributed by atoms with Gasteiger partial charge in [-0.2, -0.15) is 0 Å². The highest BCUT2D eigenvalue weighted by Crippen LogP contribution is 2.39. The summed E-state index contributed by atoms with van der Waals surface area (Å²) >= 11 is 0. The van der Waals surface area contributed by atoms with Crippen molar-refractivity contribution in [1.82, 2.24) is 0 Å². The Labute approximate surface area is 155 Å². The molecule has 1 aromatic rings. The Hall–Kier alpha value is -2.02. The molecule has 6 nitrogen and oxygen atoms in total. The summed E-state index contributed by atoms with van der Waals surface area (Å²) in [7, 11) is -3.40. The lowest BCUT2D eigenvalue weighted by Crippen LogP contribution is -2.38. The molecule has 26 heavy (non-hydrogen) atoms. The molecule has 1 aromatic carbocycles. The number of nitrogens with one attached hydrogen (secondary N) is 1. The minimum Gasteiger partial charge on any atom is -0.512 e. The zero-order chi connectivity index (χ0) is 19.5. The van der Waals surface area contributed by atoms with Gasteiger partial charge in [-0.05, 0) is 37.5 Å². The second kappa shape index (κ2) is 7.70. The lowest BCUT2D eigenvalue weighted by atomic mass is 9.83. The lowest BCUT2D eigenvalue weighted by molar-refractivity contribution is -0.158. The van der Waals surface area contributed by atoms with Gasteiger partial charge in [0.15, 0.2) is 0 Å². The molecule has 1 heterocycles. The number of hydrogen-bond donors (Lipinski definition) is 2. The summed E-state index contributed by atoms with van der Waals surface area (Å²) in [5.74, 6) is -0.807. The number of anilines is 1. The van der Waals surface area contributed by atoms with Crippen LogP contribution in [0.2, 0.25) is 0 Å². The van der Waals surface area contributed by atoms with E-state index in [2.05, 4.69) is 4.72 Å². The van der Waals surface area contributed by atoms with Crippen LogP contribution in [-0.2, 0) is 19.6 Å². The molecule has 0 spiro atoms. The van der Waals surface area contributed by atoms with Gasteiger partial charge in [0.25, 0.3) is 0 Å². The molecule has 144 valence electrons. The fourth-order valence-corrected chi connectivity index (χ4v) is 4.09. The number of aliphatic hydroxyl groups excluding tert-OH is 1. The Morgan fingerprint density at radius 2 is 2.04 bits per heavy atom. The van der Waals surface area contributed by atoms with E-state index in [4.69, 9.17) is 4.74 Å². The number of carbonyl (C=O) groups excluding carboxylic acids is 1. The Morgan fingerprint density at radius 3 is 2.58 bits per heavy atom. The molecule has 1 unspecified atom stereocenters. The van der Waals surface area contributed by atoms with Gasteiger partial charge in [-0.3, -0.25) is 4.72 Å². The first kappa shape index (κ1) is 20.3. The predicted octanol–water partition coefficient (Wildman–Crippen LogP) is 3.87. The number of aliphatic hydroxyl groups is 1. The third-order valence-corrected chi connectivity index (χ3v) is 5.15. The van der Waals surface area contributed by atoms with Crippen LogP contribution in [0.25, 0.3) is 0 Å². The maximum absolute atomic E-state index is 12.6. The van der Waals surface area contributed by atoms with Gasteiger partial charge in [-0.1, -0.05) is 32.4 Å². The lowest BCUT2D eigenvalue weighted by Gasteiger charge is -2.35. The van der Waals surface area contributed by atoms with Gasteiger partial charge < -0.3 is 9.84 Å². The molecule has 1 aliphatic rings. The Morgan fingerprint density at radius 1 is 1.35 bits per heavy atom. The van der Waals surface area contributed by atoms with E-state index in [0.717, 1.165) is 18.2 Å². The molecule has 0 saturated carbocycles. The van der Waals surface area contributed by atoms with Crippen molar-refractivity contribution in [3.63, 3.8) is 0 Å². The summed E-state index contributed by atoms with van der Waals surface area (Å²) in [4.78, 5) is 12.6. The van der Waals surface area contributed by atoms with Crippen LogP contribution < -0.4 is 4.72 Å². The van der Waals surface area contributed by atoms with E-state index >= 15 is 0 Å². The molecule has 7 heteroatoms. The van der Waals surface area contributed by atoms with Gasteiger partial charge in [-0.25, -0.2) is 13.2 Å². The molecule has 0 radical (unpaired) electrons. The molecule has 2 atom stereocenters. The van der Waals surface area contributed by atoms with Crippen LogP contribution >= 0.6 is 0 Å². The summed E-state index contributed by atoms with van der Waals surface area (Å²) in [6.07, 6.45) is 3.48.